The van der Waals surface area contributed by atoms with E-state index in [1.165, 1.54) is 6.20 Å². The minimum absolute atomic E-state index is 0.0878. The fourth-order valence-electron chi connectivity index (χ4n) is 2.42. The molecule has 116 valence electrons. The van der Waals surface area contributed by atoms with Crippen LogP contribution in [-0.4, -0.2) is 16.1 Å². The molecule has 0 saturated carbocycles. The first-order valence-electron chi connectivity index (χ1n) is 6.97. The monoisotopic (exact) mass is 326 g/mol. The van der Waals surface area contributed by atoms with Crippen LogP contribution in [0, 0.1) is 0 Å². The van der Waals surface area contributed by atoms with Crippen LogP contribution < -0.4 is 11.5 Å². The van der Waals surface area contributed by atoms with Crippen molar-refractivity contribution in [2.24, 2.45) is 16.5 Å². The summed E-state index contributed by atoms with van der Waals surface area (Å²) < 4.78 is 0. The molecule has 5 nitrogen and oxygen atoms in total. The minimum atomic E-state index is -0.758. The van der Waals surface area contributed by atoms with Gasteiger partial charge >= 0.3 is 0 Å². The van der Waals surface area contributed by atoms with Crippen molar-refractivity contribution in [3.05, 3.63) is 70.9 Å². The molecule has 0 fully saturated rings. The number of aliphatic imine (C=N–C) groups is 1. The van der Waals surface area contributed by atoms with Crippen molar-refractivity contribution in [2.45, 2.75) is 6.10 Å². The van der Waals surface area contributed by atoms with Crippen LogP contribution in [-0.2, 0) is 0 Å². The van der Waals surface area contributed by atoms with E-state index in [4.69, 9.17) is 23.1 Å². The summed E-state index contributed by atoms with van der Waals surface area (Å²) in [5.74, 6) is 0.279. The van der Waals surface area contributed by atoms with E-state index in [0.717, 1.165) is 10.9 Å². The van der Waals surface area contributed by atoms with Crippen molar-refractivity contribution >= 4 is 34.2 Å². The summed E-state index contributed by atoms with van der Waals surface area (Å²) >= 11 is 6.18. The van der Waals surface area contributed by atoms with Crippen molar-refractivity contribution in [3.8, 4) is 0 Å². The van der Waals surface area contributed by atoms with Crippen molar-refractivity contribution in [3.63, 3.8) is 0 Å². The normalized spacial score (nSPS) is 12.1. The molecule has 0 aliphatic carbocycles. The summed E-state index contributed by atoms with van der Waals surface area (Å²) in [6.07, 6.45) is 0.741. The van der Waals surface area contributed by atoms with Crippen LogP contribution in [0.4, 0.5) is 5.82 Å². The molecular weight excluding hydrogens is 312 g/mol. The van der Waals surface area contributed by atoms with Crippen LogP contribution >= 0.6 is 11.6 Å². The number of aliphatic hydroxyl groups excluding tert-OH is 1. The third-order valence-electron chi connectivity index (χ3n) is 3.51. The van der Waals surface area contributed by atoms with Crippen LogP contribution in [0.15, 0.2) is 59.7 Å². The zero-order valence-corrected chi connectivity index (χ0v) is 12.9. The number of hydrogen-bond donors (Lipinski definition) is 3. The molecule has 3 rings (SSSR count). The predicted octanol–water partition coefficient (Wildman–Crippen LogP) is 2.87. The van der Waals surface area contributed by atoms with E-state index in [1.54, 1.807) is 6.07 Å². The molecule has 0 radical (unpaired) electrons. The molecule has 0 saturated heterocycles. The quantitative estimate of drug-likeness (QED) is 0.509. The molecule has 0 aliphatic heterocycles. The van der Waals surface area contributed by atoms with Crippen LogP contribution in [0.1, 0.15) is 17.2 Å². The number of aromatic nitrogens is 1. The van der Waals surface area contributed by atoms with Crippen LogP contribution in [0.3, 0.4) is 0 Å². The van der Waals surface area contributed by atoms with Crippen molar-refractivity contribution in [1.29, 1.82) is 0 Å². The molecule has 1 aromatic heterocycles. The Labute approximate surface area is 138 Å². The van der Waals surface area contributed by atoms with Crippen molar-refractivity contribution in [2.75, 3.05) is 0 Å². The first-order chi connectivity index (χ1) is 11.1. The SMILES string of the molecule is NC(N)=Nc1ncc(Cl)c2ccc(C(O)c3ccccc3)cc12. The van der Waals surface area contributed by atoms with Crippen LogP contribution in [0.2, 0.25) is 5.02 Å². The number of rotatable bonds is 3. The van der Waals surface area contributed by atoms with Crippen molar-refractivity contribution in [1.82, 2.24) is 4.98 Å². The van der Waals surface area contributed by atoms with E-state index >= 15 is 0 Å². The third-order valence-corrected chi connectivity index (χ3v) is 3.81. The number of halogens is 1. The lowest BCUT2D eigenvalue weighted by Crippen LogP contribution is -2.22. The van der Waals surface area contributed by atoms with Gasteiger partial charge < -0.3 is 16.6 Å². The number of fused-ring (bicyclic) bond motifs is 1. The number of benzene rings is 2. The molecule has 0 amide bonds. The number of nitrogens with two attached hydrogens (primary N) is 2. The maximum absolute atomic E-state index is 10.6. The molecule has 0 aliphatic rings. The number of hydrogen-bond acceptors (Lipinski definition) is 3. The second-order valence-corrected chi connectivity index (χ2v) is 5.49. The topological polar surface area (TPSA) is 97.5 Å². The average molecular weight is 327 g/mol. The Morgan fingerprint density at radius 1 is 1.04 bits per heavy atom. The molecular formula is C17H15ClN4O. The van der Waals surface area contributed by atoms with E-state index in [1.807, 2.05) is 42.5 Å². The predicted molar refractivity (Wildman–Crippen MR) is 92.7 cm³/mol. The summed E-state index contributed by atoms with van der Waals surface area (Å²) in [6.45, 7) is 0. The Bertz CT molecular complexity index is 876. The molecule has 0 bridgehead atoms. The second kappa shape index (κ2) is 6.24. The Kier molecular flexibility index (Phi) is 4.14. The maximum atomic E-state index is 10.6. The highest BCUT2D eigenvalue weighted by molar-refractivity contribution is 6.35. The van der Waals surface area contributed by atoms with E-state index in [-0.39, 0.29) is 5.96 Å². The van der Waals surface area contributed by atoms with Gasteiger partial charge in [-0.2, -0.15) is 4.99 Å². The molecule has 1 heterocycles. The van der Waals surface area contributed by atoms with E-state index < -0.39 is 6.10 Å². The second-order valence-electron chi connectivity index (χ2n) is 5.08. The lowest BCUT2D eigenvalue weighted by molar-refractivity contribution is 0.220. The smallest absolute Gasteiger partial charge is 0.192 e. The van der Waals surface area contributed by atoms with Crippen molar-refractivity contribution < 1.29 is 5.11 Å². The van der Waals surface area contributed by atoms with Gasteiger partial charge in [0.25, 0.3) is 0 Å². The van der Waals surface area contributed by atoms with Crippen LogP contribution in [0.5, 0.6) is 0 Å². The fourth-order valence-corrected chi connectivity index (χ4v) is 2.63. The number of guanidine groups is 1. The highest BCUT2D eigenvalue weighted by Gasteiger charge is 2.13. The Balaban J connectivity index is 2.16. The molecule has 2 aromatic carbocycles. The standard InChI is InChI=1S/C17H15ClN4O/c18-14-9-21-16(22-17(19)20)13-8-11(6-7-12(13)14)15(23)10-4-2-1-3-5-10/h1-9,15,23H,(H4,19,20,21,22). The van der Waals surface area contributed by atoms with Gasteiger partial charge in [0.15, 0.2) is 11.8 Å². The first kappa shape index (κ1) is 15.3. The summed E-state index contributed by atoms with van der Waals surface area (Å²) in [5, 5.41) is 12.5. The minimum Gasteiger partial charge on any atom is -0.384 e. The summed E-state index contributed by atoms with van der Waals surface area (Å²) in [4.78, 5) is 8.18. The van der Waals surface area contributed by atoms with Crippen LogP contribution in [0.25, 0.3) is 10.8 Å². The van der Waals surface area contributed by atoms with Gasteiger partial charge in [0.05, 0.1) is 5.02 Å². The molecule has 1 unspecified atom stereocenters. The zero-order chi connectivity index (χ0) is 16.4. The van der Waals surface area contributed by atoms with Gasteiger partial charge in [0, 0.05) is 17.0 Å². The lowest BCUT2D eigenvalue weighted by atomic mass is 9.99. The first-order valence-corrected chi connectivity index (χ1v) is 7.35. The third kappa shape index (κ3) is 3.11. The van der Waals surface area contributed by atoms with Gasteiger partial charge in [-0.1, -0.05) is 54.1 Å². The van der Waals surface area contributed by atoms with Gasteiger partial charge in [-0.15, -0.1) is 0 Å². The Morgan fingerprint density at radius 2 is 1.78 bits per heavy atom. The Morgan fingerprint density at radius 3 is 2.48 bits per heavy atom. The molecule has 3 aromatic rings. The maximum Gasteiger partial charge on any atom is 0.192 e. The van der Waals surface area contributed by atoms with E-state index in [9.17, 15) is 5.11 Å². The average Bonchev–Trinajstić information content (AvgIpc) is 2.57. The van der Waals surface area contributed by atoms with E-state index in [0.29, 0.717) is 21.8 Å². The van der Waals surface area contributed by atoms with Gasteiger partial charge in [0.1, 0.15) is 6.10 Å². The number of aliphatic hydroxyl groups is 1. The van der Waals surface area contributed by atoms with Gasteiger partial charge in [-0.05, 0) is 17.2 Å². The summed E-state index contributed by atoms with van der Waals surface area (Å²) in [5.41, 5.74) is 12.4. The van der Waals surface area contributed by atoms with Gasteiger partial charge in [-0.25, -0.2) is 4.98 Å². The highest BCUT2D eigenvalue weighted by atomic mass is 35.5. The molecule has 6 heteroatoms. The molecule has 5 N–H and O–H groups in total. The lowest BCUT2D eigenvalue weighted by Gasteiger charge is -2.13. The molecule has 1 atom stereocenters. The highest BCUT2D eigenvalue weighted by Crippen LogP contribution is 2.33. The molecule has 23 heavy (non-hydrogen) atoms. The number of pyridine rings is 1. The fraction of sp³-hybridized carbons (Fsp3) is 0.0588. The van der Waals surface area contributed by atoms with Gasteiger partial charge in [-0.3, -0.25) is 0 Å². The Hall–Kier alpha value is -2.63. The number of nitrogens with zero attached hydrogens (tertiary/aromatic N) is 2. The van der Waals surface area contributed by atoms with Gasteiger partial charge in [0.2, 0.25) is 0 Å². The molecule has 0 spiro atoms. The summed E-state index contributed by atoms with van der Waals surface area (Å²) in [6, 6.07) is 14.8. The largest absolute Gasteiger partial charge is 0.384 e. The van der Waals surface area contributed by atoms with E-state index in [2.05, 4.69) is 9.98 Å². The zero-order valence-electron chi connectivity index (χ0n) is 12.1. The summed E-state index contributed by atoms with van der Waals surface area (Å²) in [7, 11) is 0.